The van der Waals surface area contributed by atoms with Crippen LogP contribution in [0.4, 0.5) is 0 Å². The van der Waals surface area contributed by atoms with Gasteiger partial charge in [-0.1, -0.05) is 41.3 Å². The van der Waals surface area contributed by atoms with Crippen molar-refractivity contribution < 1.29 is 4.79 Å². The van der Waals surface area contributed by atoms with Gasteiger partial charge >= 0.3 is 0 Å². The van der Waals surface area contributed by atoms with E-state index in [0.717, 1.165) is 27.0 Å². The number of carbonyl (C=O) groups is 1. The molecule has 0 fully saturated rings. The van der Waals surface area contributed by atoms with Gasteiger partial charge in [-0.25, -0.2) is 0 Å². The summed E-state index contributed by atoms with van der Waals surface area (Å²) in [5, 5.41) is 8.95. The van der Waals surface area contributed by atoms with Crippen molar-refractivity contribution in [3.8, 4) is 0 Å². The Balaban J connectivity index is 1.83. The van der Waals surface area contributed by atoms with Gasteiger partial charge in [0.05, 0.1) is 5.69 Å². The molecule has 0 aliphatic heterocycles. The summed E-state index contributed by atoms with van der Waals surface area (Å²) in [5.74, 6) is 0. The Morgan fingerprint density at radius 1 is 1.26 bits per heavy atom. The molecular formula is C12H9N3OS3. The number of nitrogens with zero attached hydrogens (tertiary/aromatic N) is 2. The quantitative estimate of drug-likeness (QED) is 0.748. The van der Waals surface area contributed by atoms with E-state index in [2.05, 4.69) is 15.2 Å². The average Bonchev–Trinajstić information content (AvgIpc) is 3.04. The van der Waals surface area contributed by atoms with Crippen LogP contribution >= 0.6 is 34.9 Å². The molecule has 2 aromatic heterocycles. The van der Waals surface area contributed by atoms with Crippen molar-refractivity contribution in [1.29, 1.82) is 0 Å². The van der Waals surface area contributed by atoms with Gasteiger partial charge in [-0.2, -0.15) is 0 Å². The van der Waals surface area contributed by atoms with Gasteiger partial charge in [-0.15, -0.1) is 10.2 Å². The predicted octanol–water partition coefficient (Wildman–Crippen LogP) is 3.67. The first-order chi connectivity index (χ1) is 9.26. The van der Waals surface area contributed by atoms with E-state index in [1.54, 1.807) is 0 Å². The number of carbonyl (C=O) groups excluding carboxylic acids is 1. The topological polar surface area (TPSA) is 58.6 Å². The van der Waals surface area contributed by atoms with Gasteiger partial charge in [0.15, 0.2) is 8.68 Å². The molecule has 0 saturated heterocycles. The number of fused-ring (bicyclic) bond motifs is 1. The summed E-state index contributed by atoms with van der Waals surface area (Å²) in [4.78, 5) is 15.3. The summed E-state index contributed by atoms with van der Waals surface area (Å²) < 4.78 is 1.54. The Bertz CT molecular complexity index is 701. The highest BCUT2D eigenvalue weighted by atomic mass is 32.2. The second-order valence-corrected chi connectivity index (χ2v) is 6.95. The summed E-state index contributed by atoms with van der Waals surface area (Å²) in [6, 6.07) is 9.68. The van der Waals surface area contributed by atoms with E-state index in [4.69, 9.17) is 0 Å². The SMILES string of the molecule is CSc1nnc(SC(=O)c2cc3ccccc3[nH]2)s1. The maximum Gasteiger partial charge on any atom is 0.242 e. The number of rotatable bonds is 3. The number of thioether (sulfide) groups is 2. The lowest BCUT2D eigenvalue weighted by Crippen LogP contribution is -1.92. The summed E-state index contributed by atoms with van der Waals surface area (Å²) in [6.45, 7) is 0. The molecule has 0 bridgehead atoms. The fourth-order valence-electron chi connectivity index (χ4n) is 1.64. The van der Waals surface area contributed by atoms with Crippen LogP contribution in [0, 0.1) is 0 Å². The van der Waals surface area contributed by atoms with Gasteiger partial charge < -0.3 is 4.98 Å². The van der Waals surface area contributed by atoms with Crippen LogP contribution in [0.2, 0.25) is 0 Å². The minimum Gasteiger partial charge on any atom is -0.351 e. The number of para-hydroxylation sites is 1. The molecule has 0 unspecified atom stereocenters. The molecule has 2 heterocycles. The maximum atomic E-state index is 12.1. The summed E-state index contributed by atoms with van der Waals surface area (Å²) in [7, 11) is 0. The molecule has 4 nitrogen and oxygen atoms in total. The minimum atomic E-state index is -0.0417. The first-order valence-corrected chi connectivity index (χ1v) is 8.29. The molecule has 1 N–H and O–H groups in total. The normalized spacial score (nSPS) is 11.0. The molecule has 1 aromatic carbocycles. The van der Waals surface area contributed by atoms with Crippen molar-refractivity contribution in [2.75, 3.05) is 6.26 Å². The fraction of sp³-hybridized carbons (Fsp3) is 0.0833. The van der Waals surface area contributed by atoms with Gasteiger partial charge in [0.2, 0.25) is 5.12 Å². The van der Waals surface area contributed by atoms with E-state index in [0.29, 0.717) is 10.0 Å². The van der Waals surface area contributed by atoms with E-state index >= 15 is 0 Å². The zero-order valence-electron chi connectivity index (χ0n) is 9.91. The van der Waals surface area contributed by atoms with Gasteiger partial charge in [0.1, 0.15) is 0 Å². The number of aromatic amines is 1. The Morgan fingerprint density at radius 2 is 2.05 bits per heavy atom. The first kappa shape index (κ1) is 12.7. The number of benzene rings is 1. The lowest BCUT2D eigenvalue weighted by molar-refractivity contribution is 0.108. The Kier molecular flexibility index (Phi) is 3.58. The number of aromatic nitrogens is 3. The Labute approximate surface area is 122 Å². The molecule has 7 heteroatoms. The van der Waals surface area contributed by atoms with Crippen LogP contribution < -0.4 is 0 Å². The highest BCUT2D eigenvalue weighted by Crippen LogP contribution is 2.30. The molecule has 0 aliphatic carbocycles. The van der Waals surface area contributed by atoms with Crippen molar-refractivity contribution in [3.63, 3.8) is 0 Å². The molecule has 3 aromatic rings. The van der Waals surface area contributed by atoms with Crippen LogP contribution in [0.1, 0.15) is 10.5 Å². The highest BCUT2D eigenvalue weighted by molar-refractivity contribution is 8.15. The van der Waals surface area contributed by atoms with E-state index in [1.807, 2.05) is 36.6 Å². The van der Waals surface area contributed by atoms with Crippen molar-refractivity contribution in [2.24, 2.45) is 0 Å². The maximum absolute atomic E-state index is 12.1. The van der Waals surface area contributed by atoms with Crippen LogP contribution in [0.3, 0.4) is 0 Å². The van der Waals surface area contributed by atoms with Gasteiger partial charge in [0, 0.05) is 10.9 Å². The van der Waals surface area contributed by atoms with Crippen LogP contribution in [0.25, 0.3) is 10.9 Å². The standard InChI is InChI=1S/C12H9N3OS3/c1-17-11-14-15-12(19-11)18-10(16)9-6-7-4-2-3-5-8(7)13-9/h2-6,13H,1H3. The van der Waals surface area contributed by atoms with Crippen LogP contribution in [0.15, 0.2) is 39.0 Å². The Hall–Kier alpha value is -1.31. The van der Waals surface area contributed by atoms with Gasteiger partial charge in [-0.3, -0.25) is 4.79 Å². The third-order valence-electron chi connectivity index (χ3n) is 2.49. The monoisotopic (exact) mass is 307 g/mol. The smallest absolute Gasteiger partial charge is 0.242 e. The molecule has 0 spiro atoms. The fourth-order valence-corrected chi connectivity index (χ4v) is 3.89. The number of hydrogen-bond donors (Lipinski definition) is 1. The molecule has 96 valence electrons. The molecule has 3 rings (SSSR count). The molecule has 0 aliphatic rings. The lowest BCUT2D eigenvalue weighted by Gasteiger charge is -1.92. The number of hydrogen-bond acceptors (Lipinski definition) is 6. The second kappa shape index (κ2) is 5.36. The van der Waals surface area contributed by atoms with E-state index in [-0.39, 0.29) is 5.12 Å². The third-order valence-corrected chi connectivity index (χ3v) is 5.35. The summed E-state index contributed by atoms with van der Waals surface area (Å²) in [5.41, 5.74) is 1.56. The van der Waals surface area contributed by atoms with Gasteiger partial charge in [-0.05, 0) is 30.2 Å². The van der Waals surface area contributed by atoms with Crippen molar-refractivity contribution in [2.45, 2.75) is 8.68 Å². The zero-order chi connectivity index (χ0) is 13.2. The third kappa shape index (κ3) is 2.68. The van der Waals surface area contributed by atoms with E-state index in [1.165, 1.54) is 23.1 Å². The highest BCUT2D eigenvalue weighted by Gasteiger charge is 2.14. The van der Waals surface area contributed by atoms with E-state index in [9.17, 15) is 4.79 Å². The Morgan fingerprint density at radius 3 is 2.79 bits per heavy atom. The van der Waals surface area contributed by atoms with Gasteiger partial charge in [0.25, 0.3) is 0 Å². The molecule has 19 heavy (non-hydrogen) atoms. The number of H-pyrrole nitrogens is 1. The lowest BCUT2D eigenvalue weighted by atomic mass is 10.2. The minimum absolute atomic E-state index is 0.0417. The largest absolute Gasteiger partial charge is 0.351 e. The molecular weight excluding hydrogens is 298 g/mol. The number of nitrogens with one attached hydrogen (secondary N) is 1. The second-order valence-electron chi connectivity index (χ2n) is 3.70. The van der Waals surface area contributed by atoms with Crippen molar-refractivity contribution in [3.05, 3.63) is 36.0 Å². The molecule has 0 saturated carbocycles. The van der Waals surface area contributed by atoms with Crippen LogP contribution in [0.5, 0.6) is 0 Å². The van der Waals surface area contributed by atoms with Crippen LogP contribution in [-0.2, 0) is 0 Å². The molecule has 0 amide bonds. The van der Waals surface area contributed by atoms with Crippen molar-refractivity contribution in [1.82, 2.24) is 15.2 Å². The first-order valence-electron chi connectivity index (χ1n) is 5.43. The average molecular weight is 307 g/mol. The predicted molar refractivity (Wildman–Crippen MR) is 80.2 cm³/mol. The summed E-state index contributed by atoms with van der Waals surface area (Å²) >= 11 is 4.07. The zero-order valence-corrected chi connectivity index (χ0v) is 12.4. The van der Waals surface area contributed by atoms with E-state index < -0.39 is 0 Å². The molecule has 0 atom stereocenters. The summed E-state index contributed by atoms with van der Waals surface area (Å²) in [6.07, 6.45) is 1.94. The van der Waals surface area contributed by atoms with Crippen LogP contribution in [-0.4, -0.2) is 26.6 Å². The molecule has 0 radical (unpaired) electrons. The van der Waals surface area contributed by atoms with Crippen molar-refractivity contribution >= 4 is 50.9 Å².